The van der Waals surface area contributed by atoms with Crippen LogP contribution in [0, 0.1) is 11.3 Å². The minimum absolute atomic E-state index is 0.0350. The van der Waals surface area contributed by atoms with Gasteiger partial charge in [-0.1, -0.05) is 54.6 Å². The van der Waals surface area contributed by atoms with E-state index in [2.05, 4.69) is 6.07 Å². The first kappa shape index (κ1) is 35.8. The van der Waals surface area contributed by atoms with Crippen LogP contribution in [0.5, 0.6) is 11.5 Å². The van der Waals surface area contributed by atoms with Gasteiger partial charge < -0.3 is 28.0 Å². The smallest absolute Gasteiger partial charge is 0.259 e. The molecule has 0 aromatic heterocycles. The Kier molecular flexibility index (Phi) is 13.0. The summed E-state index contributed by atoms with van der Waals surface area (Å²) in [5.41, 5.74) is 1.38. The van der Waals surface area contributed by atoms with Crippen LogP contribution in [0.2, 0.25) is 0 Å². The standard InChI is InChI=1S/C35H43BFN2O6P/c1-24(2)39(25(3)4)46(43-22-10-21-38)45-33-31(44-34(36)32(33)37)23-42-35(26-11-8-7-9-12-26,27-13-17-29(40-5)18-14-27)28-15-19-30(41-6)20-16-28/h7-9,11-20,24-25,31-34H,10,22-23H2,1-6H3/t31-,32+,33-,34-,46?/m1/s1. The van der Waals surface area contributed by atoms with Crippen LogP contribution >= 0.6 is 8.53 Å². The summed E-state index contributed by atoms with van der Waals surface area (Å²) >= 11 is 0. The number of hydrogen-bond acceptors (Lipinski definition) is 8. The van der Waals surface area contributed by atoms with Gasteiger partial charge in [0.05, 0.1) is 45.9 Å². The van der Waals surface area contributed by atoms with Crippen molar-refractivity contribution in [3.63, 3.8) is 0 Å². The van der Waals surface area contributed by atoms with Gasteiger partial charge in [-0.3, -0.25) is 0 Å². The molecule has 3 aromatic rings. The molecule has 46 heavy (non-hydrogen) atoms. The number of nitriles is 1. The predicted octanol–water partition coefficient (Wildman–Crippen LogP) is 6.90. The fourth-order valence-corrected chi connectivity index (χ4v) is 7.45. The Bertz CT molecular complexity index is 1340. The molecule has 1 unspecified atom stereocenters. The molecular weight excluding hydrogens is 605 g/mol. The number of rotatable bonds is 16. The Morgan fingerprint density at radius 2 is 1.41 bits per heavy atom. The average Bonchev–Trinajstić information content (AvgIpc) is 3.33. The minimum Gasteiger partial charge on any atom is -0.497 e. The fraction of sp³-hybridized carbons (Fsp3) is 0.457. The maximum atomic E-state index is 15.8. The molecule has 4 rings (SSSR count). The molecule has 3 aromatic carbocycles. The van der Waals surface area contributed by atoms with E-state index < -0.39 is 38.5 Å². The fourth-order valence-electron chi connectivity index (χ4n) is 5.69. The second kappa shape index (κ2) is 16.7. The van der Waals surface area contributed by atoms with Gasteiger partial charge in [-0.25, -0.2) is 9.06 Å². The Morgan fingerprint density at radius 3 is 1.89 bits per heavy atom. The van der Waals surface area contributed by atoms with Crippen molar-refractivity contribution in [2.24, 2.45) is 0 Å². The normalized spacial score (nSPS) is 20.6. The van der Waals surface area contributed by atoms with Crippen LogP contribution in [-0.4, -0.2) is 76.4 Å². The molecule has 1 heterocycles. The molecule has 8 nitrogen and oxygen atoms in total. The van der Waals surface area contributed by atoms with Gasteiger partial charge in [0.1, 0.15) is 43.3 Å². The molecule has 0 saturated carbocycles. The molecule has 5 atom stereocenters. The third kappa shape index (κ3) is 8.09. The molecule has 1 fully saturated rings. The number of alkyl halides is 1. The minimum atomic E-state index is -1.76. The highest BCUT2D eigenvalue weighted by Crippen LogP contribution is 2.50. The van der Waals surface area contributed by atoms with Crippen molar-refractivity contribution in [1.29, 1.82) is 5.26 Å². The SMILES string of the molecule is [B][C@@H]1O[C@H](COC(c2ccccc2)(c2ccc(OC)cc2)c2ccc(OC)cc2)[C@@H](OP(OCCC#N)N(C(C)C)C(C)C)[C@@H]1F. The zero-order valence-electron chi connectivity index (χ0n) is 27.3. The Labute approximate surface area is 275 Å². The van der Waals surface area contributed by atoms with Crippen molar-refractivity contribution < 1.29 is 32.4 Å². The average molecular weight is 649 g/mol. The van der Waals surface area contributed by atoms with Crippen LogP contribution in [0.1, 0.15) is 50.8 Å². The molecule has 0 amide bonds. The highest BCUT2D eigenvalue weighted by Gasteiger charge is 2.48. The maximum absolute atomic E-state index is 15.8. The lowest BCUT2D eigenvalue weighted by atomic mass is 9.80. The molecular formula is C35H43BFN2O6P. The number of hydrogen-bond donors (Lipinski definition) is 0. The van der Waals surface area contributed by atoms with E-state index in [0.717, 1.165) is 16.7 Å². The summed E-state index contributed by atoms with van der Waals surface area (Å²) in [4.78, 5) is 0. The number of ether oxygens (including phenoxy) is 4. The summed E-state index contributed by atoms with van der Waals surface area (Å²) in [6.45, 7) is 8.19. The highest BCUT2D eigenvalue weighted by atomic mass is 31.2. The van der Waals surface area contributed by atoms with Crippen LogP contribution < -0.4 is 9.47 Å². The van der Waals surface area contributed by atoms with E-state index in [4.69, 9.17) is 41.1 Å². The number of benzene rings is 3. The quantitative estimate of drug-likeness (QED) is 0.0718. The summed E-state index contributed by atoms with van der Waals surface area (Å²) < 4.78 is 54.3. The number of methoxy groups -OCH3 is 2. The monoisotopic (exact) mass is 648 g/mol. The van der Waals surface area contributed by atoms with Crippen molar-refractivity contribution in [2.45, 2.75) is 76.2 Å². The van der Waals surface area contributed by atoms with E-state index in [1.807, 2.05) is 111 Å². The van der Waals surface area contributed by atoms with Crippen LogP contribution in [-0.2, 0) is 24.1 Å². The lowest BCUT2D eigenvalue weighted by Gasteiger charge is -2.39. The zero-order chi connectivity index (χ0) is 33.3. The molecule has 1 aliphatic heterocycles. The van der Waals surface area contributed by atoms with E-state index >= 15 is 4.39 Å². The van der Waals surface area contributed by atoms with E-state index in [0.29, 0.717) is 11.5 Å². The lowest BCUT2D eigenvalue weighted by Crippen LogP contribution is -2.41. The van der Waals surface area contributed by atoms with Crippen molar-refractivity contribution in [1.82, 2.24) is 4.67 Å². The summed E-state index contributed by atoms with van der Waals surface area (Å²) in [6, 6.07) is 26.1. The second-order valence-corrected chi connectivity index (χ2v) is 12.9. The lowest BCUT2D eigenvalue weighted by molar-refractivity contribution is -0.0718. The molecule has 1 aliphatic rings. The van der Waals surface area contributed by atoms with Crippen molar-refractivity contribution in [2.75, 3.05) is 27.4 Å². The van der Waals surface area contributed by atoms with E-state index in [9.17, 15) is 0 Å². The molecule has 0 aliphatic carbocycles. The molecule has 11 heteroatoms. The van der Waals surface area contributed by atoms with Crippen molar-refractivity contribution in [3.05, 3.63) is 95.6 Å². The van der Waals surface area contributed by atoms with E-state index in [-0.39, 0.29) is 31.7 Å². The second-order valence-electron chi connectivity index (χ2n) is 11.5. The Hall–Kier alpha value is -3.03. The summed E-state index contributed by atoms with van der Waals surface area (Å²) in [5, 5.41) is 9.12. The van der Waals surface area contributed by atoms with Crippen molar-refractivity contribution >= 4 is 16.4 Å². The topological polar surface area (TPSA) is 82.4 Å². The molecule has 0 spiro atoms. The first-order valence-corrected chi connectivity index (χ1v) is 16.6. The van der Waals surface area contributed by atoms with Crippen LogP contribution in [0.15, 0.2) is 78.9 Å². The first-order valence-electron chi connectivity index (χ1n) is 15.4. The van der Waals surface area contributed by atoms with Crippen LogP contribution in [0.25, 0.3) is 0 Å². The molecule has 0 N–H and O–H groups in total. The summed E-state index contributed by atoms with van der Waals surface area (Å²) in [6.07, 6.45) is -3.40. The summed E-state index contributed by atoms with van der Waals surface area (Å²) in [5.74, 6) is 1.40. The van der Waals surface area contributed by atoms with Gasteiger partial charge in [-0.15, -0.1) is 0 Å². The highest BCUT2D eigenvalue weighted by molar-refractivity contribution is 7.44. The molecule has 0 bridgehead atoms. The summed E-state index contributed by atoms with van der Waals surface area (Å²) in [7, 11) is 7.62. The van der Waals surface area contributed by atoms with Crippen LogP contribution in [0.3, 0.4) is 0 Å². The molecule has 1 saturated heterocycles. The zero-order valence-corrected chi connectivity index (χ0v) is 28.2. The largest absolute Gasteiger partial charge is 0.497 e. The Morgan fingerprint density at radius 1 is 0.891 bits per heavy atom. The van der Waals surface area contributed by atoms with E-state index in [1.54, 1.807) is 14.2 Å². The van der Waals surface area contributed by atoms with Gasteiger partial charge in [0, 0.05) is 12.1 Å². The third-order valence-electron chi connectivity index (χ3n) is 7.84. The van der Waals surface area contributed by atoms with Gasteiger partial charge in [-0.2, -0.15) is 5.26 Å². The van der Waals surface area contributed by atoms with Gasteiger partial charge >= 0.3 is 0 Å². The number of nitrogens with zero attached hydrogens (tertiary/aromatic N) is 2. The third-order valence-corrected chi connectivity index (χ3v) is 9.97. The Balaban J connectivity index is 1.75. The molecule has 2 radical (unpaired) electrons. The van der Waals surface area contributed by atoms with Gasteiger partial charge in [0.15, 0.2) is 0 Å². The first-order chi connectivity index (χ1) is 22.2. The van der Waals surface area contributed by atoms with Gasteiger partial charge in [0.25, 0.3) is 8.53 Å². The number of halogens is 1. The van der Waals surface area contributed by atoms with Gasteiger partial charge in [0.2, 0.25) is 0 Å². The van der Waals surface area contributed by atoms with Gasteiger partial charge in [-0.05, 0) is 68.7 Å². The van der Waals surface area contributed by atoms with Crippen LogP contribution in [0.4, 0.5) is 4.39 Å². The maximum Gasteiger partial charge on any atom is 0.259 e. The van der Waals surface area contributed by atoms with E-state index in [1.165, 1.54) is 0 Å². The molecule has 244 valence electrons. The van der Waals surface area contributed by atoms with Crippen molar-refractivity contribution in [3.8, 4) is 17.6 Å². The predicted molar refractivity (Wildman–Crippen MR) is 178 cm³/mol.